The molecule has 0 aliphatic carbocycles. The van der Waals surface area contributed by atoms with Gasteiger partial charge >= 0.3 is 5.69 Å². The first-order chi connectivity index (χ1) is 8.10. The maximum absolute atomic E-state index is 10.9. The second-order valence-electron chi connectivity index (χ2n) is 3.27. The van der Waals surface area contributed by atoms with Crippen LogP contribution >= 0.6 is 0 Å². The maximum atomic E-state index is 10.9. The smallest absolute Gasteiger partial charge is 0.372 e. The quantitative estimate of drug-likeness (QED) is 0.582. The molecule has 0 bridgehead atoms. The van der Waals surface area contributed by atoms with E-state index in [1.54, 1.807) is 6.92 Å². The van der Waals surface area contributed by atoms with E-state index in [1.165, 1.54) is 20.5 Å². The van der Waals surface area contributed by atoms with E-state index in [2.05, 4.69) is 15.3 Å². The number of nitrogens with one attached hydrogen (secondary N) is 1. The number of rotatable bonds is 6. The molecule has 94 valence electrons. The number of hydrogen-bond donors (Lipinski definition) is 1. The molecule has 8 heteroatoms. The van der Waals surface area contributed by atoms with Crippen molar-refractivity contribution in [2.75, 3.05) is 26.1 Å². The molecule has 0 spiro atoms. The summed E-state index contributed by atoms with van der Waals surface area (Å²) in [6.07, 6.45) is 0.867. The van der Waals surface area contributed by atoms with Crippen molar-refractivity contribution in [1.29, 1.82) is 0 Å². The molecule has 0 amide bonds. The molecule has 1 aromatic rings. The van der Waals surface area contributed by atoms with Crippen molar-refractivity contribution in [3.05, 3.63) is 16.4 Å². The van der Waals surface area contributed by atoms with Gasteiger partial charge in [0.25, 0.3) is 5.88 Å². The zero-order valence-electron chi connectivity index (χ0n) is 9.84. The Morgan fingerprint density at radius 2 is 2.29 bits per heavy atom. The van der Waals surface area contributed by atoms with E-state index in [4.69, 9.17) is 9.47 Å². The maximum Gasteiger partial charge on any atom is 0.372 e. The fourth-order valence-electron chi connectivity index (χ4n) is 1.26. The summed E-state index contributed by atoms with van der Waals surface area (Å²) in [5, 5.41) is 13.5. The Labute approximate surface area is 98.1 Å². The highest BCUT2D eigenvalue weighted by atomic mass is 16.6. The van der Waals surface area contributed by atoms with Gasteiger partial charge in [0.2, 0.25) is 5.82 Å². The molecule has 0 radical (unpaired) electrons. The van der Waals surface area contributed by atoms with Crippen LogP contribution in [0.3, 0.4) is 0 Å². The molecule has 0 fully saturated rings. The minimum Gasteiger partial charge on any atom is -0.467 e. The van der Waals surface area contributed by atoms with Crippen molar-refractivity contribution in [3.63, 3.8) is 0 Å². The zero-order chi connectivity index (χ0) is 12.8. The van der Waals surface area contributed by atoms with Gasteiger partial charge in [0.1, 0.15) is 12.4 Å². The SMILES string of the molecule is CNc1ncnc(OC(C)COC)c1[N+](=O)[O-]. The Balaban J connectivity index is 3.02. The fourth-order valence-corrected chi connectivity index (χ4v) is 1.26. The van der Waals surface area contributed by atoms with E-state index >= 15 is 0 Å². The Morgan fingerprint density at radius 1 is 1.59 bits per heavy atom. The van der Waals surface area contributed by atoms with Crippen molar-refractivity contribution in [2.24, 2.45) is 0 Å². The minimum atomic E-state index is -0.583. The van der Waals surface area contributed by atoms with Gasteiger partial charge in [0.05, 0.1) is 11.5 Å². The zero-order valence-corrected chi connectivity index (χ0v) is 9.84. The molecule has 0 aliphatic heterocycles. The second kappa shape index (κ2) is 5.94. The van der Waals surface area contributed by atoms with Gasteiger partial charge in [-0.3, -0.25) is 10.1 Å². The van der Waals surface area contributed by atoms with Crippen LogP contribution in [0.15, 0.2) is 6.33 Å². The molecule has 1 aromatic heterocycles. The van der Waals surface area contributed by atoms with Crippen LogP contribution in [0.5, 0.6) is 5.88 Å². The highest BCUT2D eigenvalue weighted by molar-refractivity contribution is 5.60. The van der Waals surface area contributed by atoms with E-state index in [0.717, 1.165) is 0 Å². The number of ether oxygens (including phenoxy) is 2. The fraction of sp³-hybridized carbons (Fsp3) is 0.556. The van der Waals surface area contributed by atoms with Gasteiger partial charge in [-0.25, -0.2) is 4.98 Å². The third-order valence-corrected chi connectivity index (χ3v) is 1.92. The van der Waals surface area contributed by atoms with Gasteiger partial charge < -0.3 is 14.8 Å². The van der Waals surface area contributed by atoms with Crippen molar-refractivity contribution in [3.8, 4) is 5.88 Å². The van der Waals surface area contributed by atoms with Crippen LogP contribution in [0.4, 0.5) is 11.5 Å². The van der Waals surface area contributed by atoms with Crippen LogP contribution in [0, 0.1) is 10.1 Å². The molecule has 0 saturated carbocycles. The topological polar surface area (TPSA) is 99.4 Å². The van der Waals surface area contributed by atoms with Crippen LogP contribution in [0.2, 0.25) is 0 Å². The molecule has 1 atom stereocenters. The summed E-state index contributed by atoms with van der Waals surface area (Å²) in [5.41, 5.74) is -0.280. The lowest BCUT2D eigenvalue weighted by Crippen LogP contribution is -2.19. The van der Waals surface area contributed by atoms with Crippen LogP contribution in [0.25, 0.3) is 0 Å². The molecule has 1 rings (SSSR count). The summed E-state index contributed by atoms with van der Waals surface area (Å²) in [6, 6.07) is 0. The molecule has 17 heavy (non-hydrogen) atoms. The Hall–Kier alpha value is -1.96. The van der Waals surface area contributed by atoms with Gasteiger partial charge in [-0.2, -0.15) is 4.98 Å². The monoisotopic (exact) mass is 242 g/mol. The van der Waals surface area contributed by atoms with Gasteiger partial charge in [-0.05, 0) is 6.92 Å². The van der Waals surface area contributed by atoms with E-state index in [9.17, 15) is 10.1 Å². The van der Waals surface area contributed by atoms with E-state index < -0.39 is 4.92 Å². The Kier molecular flexibility index (Phi) is 4.58. The lowest BCUT2D eigenvalue weighted by molar-refractivity contribution is -0.385. The number of hydrogen-bond acceptors (Lipinski definition) is 7. The average molecular weight is 242 g/mol. The molecule has 8 nitrogen and oxygen atoms in total. The summed E-state index contributed by atoms with van der Waals surface area (Å²) >= 11 is 0. The number of methoxy groups -OCH3 is 1. The summed E-state index contributed by atoms with van der Waals surface area (Å²) in [4.78, 5) is 17.8. The average Bonchev–Trinajstić information content (AvgIpc) is 2.28. The molecular weight excluding hydrogens is 228 g/mol. The normalized spacial score (nSPS) is 11.9. The number of nitrogens with zero attached hydrogens (tertiary/aromatic N) is 3. The largest absolute Gasteiger partial charge is 0.467 e. The van der Waals surface area contributed by atoms with Gasteiger partial charge in [0.15, 0.2) is 0 Å². The van der Waals surface area contributed by atoms with Gasteiger partial charge in [-0.15, -0.1) is 0 Å². The summed E-state index contributed by atoms with van der Waals surface area (Å²) in [7, 11) is 3.06. The second-order valence-corrected chi connectivity index (χ2v) is 3.27. The predicted octanol–water partition coefficient (Wildman–Crippen LogP) is 0.840. The first kappa shape index (κ1) is 13.1. The lowest BCUT2D eigenvalue weighted by atomic mass is 10.4. The van der Waals surface area contributed by atoms with E-state index in [0.29, 0.717) is 6.61 Å². The van der Waals surface area contributed by atoms with Crippen LogP contribution < -0.4 is 10.1 Å². The molecule has 1 N–H and O–H groups in total. The van der Waals surface area contributed by atoms with E-state index in [-0.39, 0.29) is 23.5 Å². The number of anilines is 1. The third kappa shape index (κ3) is 3.25. The van der Waals surface area contributed by atoms with Crippen LogP contribution in [-0.2, 0) is 4.74 Å². The predicted molar refractivity (Wildman–Crippen MR) is 60.2 cm³/mol. The van der Waals surface area contributed by atoms with E-state index in [1.807, 2.05) is 0 Å². The van der Waals surface area contributed by atoms with Crippen molar-refractivity contribution in [2.45, 2.75) is 13.0 Å². The lowest BCUT2D eigenvalue weighted by Gasteiger charge is -2.13. The van der Waals surface area contributed by atoms with Gasteiger partial charge in [0, 0.05) is 14.2 Å². The first-order valence-electron chi connectivity index (χ1n) is 4.92. The Morgan fingerprint density at radius 3 is 2.82 bits per heavy atom. The number of aromatic nitrogens is 2. The summed E-state index contributed by atoms with van der Waals surface area (Å²) < 4.78 is 10.2. The third-order valence-electron chi connectivity index (χ3n) is 1.92. The van der Waals surface area contributed by atoms with Gasteiger partial charge in [-0.1, -0.05) is 0 Å². The van der Waals surface area contributed by atoms with Crippen molar-refractivity contribution >= 4 is 11.5 Å². The Bertz CT molecular complexity index is 399. The van der Waals surface area contributed by atoms with Crippen molar-refractivity contribution in [1.82, 2.24) is 9.97 Å². The summed E-state index contributed by atoms with van der Waals surface area (Å²) in [5.74, 6) is 0.0449. The van der Waals surface area contributed by atoms with Crippen molar-refractivity contribution < 1.29 is 14.4 Å². The summed E-state index contributed by atoms with van der Waals surface area (Å²) in [6.45, 7) is 2.05. The molecule has 0 aromatic carbocycles. The molecule has 1 unspecified atom stereocenters. The molecular formula is C9H14N4O4. The highest BCUT2D eigenvalue weighted by Crippen LogP contribution is 2.30. The molecule has 0 aliphatic rings. The number of nitro groups is 1. The highest BCUT2D eigenvalue weighted by Gasteiger charge is 2.24. The molecule has 0 saturated heterocycles. The van der Waals surface area contributed by atoms with Crippen LogP contribution in [-0.4, -0.2) is 41.8 Å². The standard InChI is InChI=1S/C9H14N4O4/c1-6(4-16-3)17-9-7(13(14)15)8(10-2)11-5-12-9/h5-6H,4H2,1-3H3,(H,10,11,12). The first-order valence-corrected chi connectivity index (χ1v) is 4.92. The molecule has 1 heterocycles. The minimum absolute atomic E-state index is 0.0705. The van der Waals surface area contributed by atoms with Crippen LogP contribution in [0.1, 0.15) is 6.92 Å².